The lowest BCUT2D eigenvalue weighted by Crippen LogP contribution is -2.33. The molecule has 3 N–H and O–H groups in total. The van der Waals surface area contributed by atoms with Crippen LogP contribution in [-0.4, -0.2) is 19.0 Å². The molecule has 3 nitrogen and oxygen atoms in total. The Morgan fingerprint density at radius 3 is 2.71 bits per heavy atom. The lowest BCUT2D eigenvalue weighted by Gasteiger charge is -2.05. The number of guanidine groups is 1. The summed E-state index contributed by atoms with van der Waals surface area (Å²) < 4.78 is 0. The number of benzene rings is 1. The molecule has 0 heterocycles. The molecule has 0 spiro atoms. The van der Waals surface area contributed by atoms with Crippen LogP contribution in [0.5, 0.6) is 0 Å². The first-order chi connectivity index (χ1) is 8.22. The van der Waals surface area contributed by atoms with Crippen LogP contribution in [0.25, 0.3) is 0 Å². The third-order valence-electron chi connectivity index (χ3n) is 2.43. The predicted octanol–water partition coefficient (Wildman–Crippen LogP) is 2.59. The molecule has 1 aromatic carbocycles. The predicted molar refractivity (Wildman–Crippen MR) is 74.6 cm³/mol. The molecule has 1 rings (SSSR count). The van der Waals surface area contributed by atoms with E-state index < -0.39 is 0 Å². The Morgan fingerprint density at radius 1 is 1.35 bits per heavy atom. The Morgan fingerprint density at radius 2 is 2.06 bits per heavy atom. The number of unbranched alkanes of at least 4 members (excludes halogenated alkanes) is 1. The topological polar surface area (TPSA) is 50.4 Å². The largest absolute Gasteiger partial charge is 0.370 e. The molecule has 0 amide bonds. The molecular weight excluding hydrogens is 234 g/mol. The zero-order valence-corrected chi connectivity index (χ0v) is 11.0. The third-order valence-corrected chi connectivity index (χ3v) is 2.68. The molecule has 0 atom stereocenters. The van der Waals surface area contributed by atoms with Gasteiger partial charge in [-0.3, -0.25) is 4.99 Å². The van der Waals surface area contributed by atoms with E-state index in [-0.39, 0.29) is 0 Å². The summed E-state index contributed by atoms with van der Waals surface area (Å²) in [4.78, 5) is 4.22. The first-order valence-corrected chi connectivity index (χ1v) is 6.38. The Hall–Kier alpha value is -1.22. The van der Waals surface area contributed by atoms with Crippen LogP contribution in [0.3, 0.4) is 0 Å². The second-order valence-corrected chi connectivity index (χ2v) is 4.36. The fourth-order valence-electron chi connectivity index (χ4n) is 1.40. The van der Waals surface area contributed by atoms with Gasteiger partial charge in [-0.2, -0.15) is 0 Å². The Kier molecular flexibility index (Phi) is 6.48. The van der Waals surface area contributed by atoms with Gasteiger partial charge < -0.3 is 11.1 Å². The average Bonchev–Trinajstić information content (AvgIpc) is 2.32. The minimum atomic E-state index is 0.535. The van der Waals surface area contributed by atoms with E-state index in [4.69, 9.17) is 17.3 Å². The first-order valence-electron chi connectivity index (χ1n) is 6.00. The molecule has 0 aliphatic rings. The van der Waals surface area contributed by atoms with E-state index in [1.54, 1.807) is 0 Å². The van der Waals surface area contributed by atoms with E-state index in [0.29, 0.717) is 5.96 Å². The molecule has 94 valence electrons. The summed E-state index contributed by atoms with van der Waals surface area (Å²) >= 11 is 5.81. The number of nitrogens with two attached hydrogens (primary N) is 1. The summed E-state index contributed by atoms with van der Waals surface area (Å²) in [5, 5.41) is 3.87. The average molecular weight is 254 g/mol. The van der Waals surface area contributed by atoms with Crippen molar-refractivity contribution in [3.63, 3.8) is 0 Å². The summed E-state index contributed by atoms with van der Waals surface area (Å²) in [5.74, 6) is 0.535. The van der Waals surface area contributed by atoms with Gasteiger partial charge in [0.25, 0.3) is 0 Å². The highest BCUT2D eigenvalue weighted by Crippen LogP contribution is 2.09. The Bertz CT molecular complexity index is 346. The van der Waals surface area contributed by atoms with Gasteiger partial charge in [0, 0.05) is 18.1 Å². The third kappa shape index (κ3) is 6.17. The van der Waals surface area contributed by atoms with Gasteiger partial charge in [-0.05, 0) is 30.5 Å². The van der Waals surface area contributed by atoms with E-state index in [1.165, 1.54) is 5.56 Å². The maximum absolute atomic E-state index is 5.81. The van der Waals surface area contributed by atoms with E-state index in [0.717, 1.165) is 37.4 Å². The number of rotatable bonds is 6. The van der Waals surface area contributed by atoms with Gasteiger partial charge in [0.15, 0.2) is 5.96 Å². The van der Waals surface area contributed by atoms with Gasteiger partial charge in [-0.15, -0.1) is 0 Å². The molecule has 0 aromatic heterocycles. The van der Waals surface area contributed by atoms with Gasteiger partial charge in [0.1, 0.15) is 0 Å². The number of halogens is 1. The highest BCUT2D eigenvalue weighted by molar-refractivity contribution is 6.30. The van der Waals surface area contributed by atoms with Crippen LogP contribution in [0.2, 0.25) is 5.02 Å². The van der Waals surface area contributed by atoms with Crippen molar-refractivity contribution in [2.75, 3.05) is 13.1 Å². The van der Waals surface area contributed by atoms with E-state index >= 15 is 0 Å². The number of nitrogens with one attached hydrogen (secondary N) is 1. The quantitative estimate of drug-likeness (QED) is 0.465. The minimum Gasteiger partial charge on any atom is -0.370 e. The van der Waals surface area contributed by atoms with Crippen LogP contribution >= 0.6 is 11.6 Å². The number of nitrogens with zero attached hydrogens (tertiary/aromatic N) is 1. The monoisotopic (exact) mass is 253 g/mol. The fraction of sp³-hybridized carbons (Fsp3) is 0.462. The summed E-state index contributed by atoms with van der Waals surface area (Å²) in [7, 11) is 0. The van der Waals surface area contributed by atoms with Crippen molar-refractivity contribution >= 4 is 17.6 Å². The number of hydrogen-bond acceptors (Lipinski definition) is 1. The maximum Gasteiger partial charge on any atom is 0.188 e. The van der Waals surface area contributed by atoms with Crippen LogP contribution in [0.1, 0.15) is 25.3 Å². The maximum atomic E-state index is 5.81. The number of aliphatic imine (C=N–C) groups is 1. The first kappa shape index (κ1) is 13.8. The van der Waals surface area contributed by atoms with Crippen LogP contribution in [-0.2, 0) is 6.42 Å². The second-order valence-electron chi connectivity index (χ2n) is 3.92. The van der Waals surface area contributed by atoms with Crippen LogP contribution in [0, 0.1) is 0 Å². The molecule has 0 fully saturated rings. The minimum absolute atomic E-state index is 0.535. The standard InChI is InChI=1S/C13H20ClN3/c1-2-3-9-16-13(15)17-10-8-11-4-6-12(14)7-5-11/h4-7H,2-3,8-10H2,1H3,(H3,15,16,17). The van der Waals surface area contributed by atoms with Crippen molar-refractivity contribution in [1.82, 2.24) is 5.32 Å². The molecule has 4 heteroatoms. The van der Waals surface area contributed by atoms with Crippen molar-refractivity contribution < 1.29 is 0 Å². The normalized spacial score (nSPS) is 11.5. The van der Waals surface area contributed by atoms with Crippen LogP contribution in [0.4, 0.5) is 0 Å². The molecule has 0 radical (unpaired) electrons. The van der Waals surface area contributed by atoms with Crippen molar-refractivity contribution in [3.05, 3.63) is 34.9 Å². The van der Waals surface area contributed by atoms with Crippen LogP contribution < -0.4 is 11.1 Å². The van der Waals surface area contributed by atoms with Crippen molar-refractivity contribution in [2.45, 2.75) is 26.2 Å². The molecule has 0 unspecified atom stereocenters. The van der Waals surface area contributed by atoms with E-state index in [2.05, 4.69) is 17.2 Å². The smallest absolute Gasteiger partial charge is 0.188 e. The van der Waals surface area contributed by atoms with E-state index in [9.17, 15) is 0 Å². The van der Waals surface area contributed by atoms with Gasteiger partial charge in [0.2, 0.25) is 0 Å². The van der Waals surface area contributed by atoms with Crippen molar-refractivity contribution in [1.29, 1.82) is 0 Å². The molecule has 0 aliphatic heterocycles. The molecule has 0 bridgehead atoms. The lowest BCUT2D eigenvalue weighted by molar-refractivity contribution is 0.791. The van der Waals surface area contributed by atoms with Gasteiger partial charge in [0.05, 0.1) is 0 Å². The summed E-state index contributed by atoms with van der Waals surface area (Å²) in [6.07, 6.45) is 3.14. The molecule has 0 saturated carbocycles. The molecule has 1 aromatic rings. The summed E-state index contributed by atoms with van der Waals surface area (Å²) in [5.41, 5.74) is 6.96. The molecule has 17 heavy (non-hydrogen) atoms. The summed E-state index contributed by atoms with van der Waals surface area (Å²) in [6.45, 7) is 3.74. The zero-order valence-electron chi connectivity index (χ0n) is 10.2. The molecule has 0 aliphatic carbocycles. The second kappa shape index (κ2) is 7.96. The number of hydrogen-bond donors (Lipinski definition) is 2. The van der Waals surface area contributed by atoms with Crippen LogP contribution in [0.15, 0.2) is 29.3 Å². The van der Waals surface area contributed by atoms with Gasteiger partial charge >= 0.3 is 0 Å². The Balaban J connectivity index is 2.23. The summed E-state index contributed by atoms with van der Waals surface area (Å²) in [6, 6.07) is 7.84. The SMILES string of the molecule is CCCCN=C(N)NCCc1ccc(Cl)cc1. The van der Waals surface area contributed by atoms with Gasteiger partial charge in [-0.1, -0.05) is 37.1 Å². The van der Waals surface area contributed by atoms with Crippen molar-refractivity contribution in [3.8, 4) is 0 Å². The van der Waals surface area contributed by atoms with E-state index in [1.807, 2.05) is 24.3 Å². The Labute approximate surface area is 108 Å². The molecular formula is C13H20ClN3. The van der Waals surface area contributed by atoms with Crippen molar-refractivity contribution in [2.24, 2.45) is 10.7 Å². The molecule has 0 saturated heterocycles. The lowest BCUT2D eigenvalue weighted by atomic mass is 10.1. The van der Waals surface area contributed by atoms with Gasteiger partial charge in [-0.25, -0.2) is 0 Å². The highest BCUT2D eigenvalue weighted by Gasteiger charge is 1.94. The fourth-order valence-corrected chi connectivity index (χ4v) is 1.53. The zero-order chi connectivity index (χ0) is 12.5. The highest BCUT2D eigenvalue weighted by atomic mass is 35.5.